The van der Waals surface area contributed by atoms with Crippen LogP contribution in [0, 0.1) is 11.8 Å². The lowest BCUT2D eigenvalue weighted by molar-refractivity contribution is -0.115. The molecule has 1 aliphatic carbocycles. The number of carbonyl (C=O) groups excluding carboxylic acids is 1. The van der Waals surface area contributed by atoms with Gasteiger partial charge < -0.3 is 10.6 Å². The predicted molar refractivity (Wildman–Crippen MR) is 84.1 cm³/mol. The van der Waals surface area contributed by atoms with E-state index in [1.165, 1.54) is 12.8 Å². The highest BCUT2D eigenvalue weighted by Gasteiger charge is 2.25. The van der Waals surface area contributed by atoms with E-state index in [0.717, 1.165) is 18.0 Å². The molecule has 2 rings (SSSR count). The van der Waals surface area contributed by atoms with Gasteiger partial charge in [-0.05, 0) is 49.3 Å². The van der Waals surface area contributed by atoms with Crippen LogP contribution in [0.5, 0.6) is 0 Å². The number of hydrogen-bond donors (Lipinski definition) is 2. The van der Waals surface area contributed by atoms with Crippen LogP contribution >= 0.6 is 11.6 Å². The number of carbonyl (C=O) groups is 1. The van der Waals surface area contributed by atoms with Crippen molar-refractivity contribution >= 4 is 23.2 Å². The van der Waals surface area contributed by atoms with E-state index in [1.54, 1.807) is 12.1 Å². The summed E-state index contributed by atoms with van der Waals surface area (Å²) >= 11 is 5.89. The summed E-state index contributed by atoms with van der Waals surface area (Å²) in [6.45, 7) is 4.93. The summed E-state index contributed by atoms with van der Waals surface area (Å²) in [4.78, 5) is 11.9. The van der Waals surface area contributed by atoms with Gasteiger partial charge in [-0.1, -0.05) is 31.5 Å². The summed E-state index contributed by atoms with van der Waals surface area (Å²) in [7, 11) is 0. The smallest absolute Gasteiger partial charge is 0.238 e. The first kappa shape index (κ1) is 15.3. The fourth-order valence-electron chi connectivity index (χ4n) is 2.96. The van der Waals surface area contributed by atoms with E-state index < -0.39 is 0 Å². The molecule has 2 N–H and O–H groups in total. The number of rotatable bonds is 4. The van der Waals surface area contributed by atoms with E-state index in [0.29, 0.717) is 23.5 Å². The average Bonchev–Trinajstić information content (AvgIpc) is 2.37. The highest BCUT2D eigenvalue weighted by Crippen LogP contribution is 2.28. The molecule has 1 fully saturated rings. The monoisotopic (exact) mass is 294 g/mol. The third-order valence-corrected chi connectivity index (χ3v) is 4.30. The zero-order chi connectivity index (χ0) is 14.5. The molecule has 20 heavy (non-hydrogen) atoms. The average molecular weight is 295 g/mol. The number of halogens is 1. The summed E-state index contributed by atoms with van der Waals surface area (Å²) in [6, 6.07) is 7.67. The molecular formula is C16H23ClN2O. The van der Waals surface area contributed by atoms with Crippen molar-refractivity contribution in [2.45, 2.75) is 39.2 Å². The number of amides is 1. The molecule has 4 heteroatoms. The lowest BCUT2D eigenvalue weighted by atomic mass is 9.80. The lowest BCUT2D eigenvalue weighted by Crippen LogP contribution is -2.42. The van der Waals surface area contributed by atoms with Gasteiger partial charge in [-0.2, -0.15) is 0 Å². The summed E-state index contributed by atoms with van der Waals surface area (Å²) in [5.41, 5.74) is 0.745. The Kier molecular flexibility index (Phi) is 5.44. The van der Waals surface area contributed by atoms with E-state index in [-0.39, 0.29) is 5.91 Å². The van der Waals surface area contributed by atoms with Gasteiger partial charge in [0, 0.05) is 16.8 Å². The molecule has 110 valence electrons. The van der Waals surface area contributed by atoms with Gasteiger partial charge in [0.15, 0.2) is 0 Å². The number of hydrogen-bond acceptors (Lipinski definition) is 2. The van der Waals surface area contributed by atoms with Crippen LogP contribution in [0.2, 0.25) is 5.02 Å². The second-order valence-corrected chi connectivity index (χ2v) is 6.38. The first-order valence-corrected chi connectivity index (χ1v) is 7.71. The Morgan fingerprint density at radius 2 is 2.15 bits per heavy atom. The van der Waals surface area contributed by atoms with Crippen molar-refractivity contribution in [2.75, 3.05) is 11.9 Å². The standard InChI is InChI=1S/C16H23ClN2O/c1-11-6-7-15(12(2)8-11)18-10-16(20)19-14-5-3-4-13(17)9-14/h3-5,9,11-12,15,18H,6-8,10H2,1-2H3,(H,19,20). The number of anilines is 1. The molecule has 3 nitrogen and oxygen atoms in total. The molecule has 0 aliphatic heterocycles. The molecule has 1 aromatic rings. The van der Waals surface area contributed by atoms with E-state index in [4.69, 9.17) is 11.6 Å². The number of benzene rings is 1. The second-order valence-electron chi connectivity index (χ2n) is 5.94. The molecule has 0 radical (unpaired) electrons. The zero-order valence-corrected chi connectivity index (χ0v) is 12.9. The minimum atomic E-state index is -0.0157. The molecule has 0 heterocycles. The Labute approximate surface area is 126 Å². The van der Waals surface area contributed by atoms with Crippen molar-refractivity contribution < 1.29 is 4.79 Å². The van der Waals surface area contributed by atoms with Crippen molar-refractivity contribution in [1.29, 1.82) is 0 Å². The topological polar surface area (TPSA) is 41.1 Å². The van der Waals surface area contributed by atoms with Crippen molar-refractivity contribution in [3.63, 3.8) is 0 Å². The van der Waals surface area contributed by atoms with E-state index in [1.807, 2.05) is 12.1 Å². The normalized spacial score (nSPS) is 26.2. The Hall–Kier alpha value is -1.06. The van der Waals surface area contributed by atoms with Crippen LogP contribution in [0.25, 0.3) is 0 Å². The molecule has 0 bridgehead atoms. The maximum Gasteiger partial charge on any atom is 0.238 e. The molecule has 1 amide bonds. The van der Waals surface area contributed by atoms with E-state index >= 15 is 0 Å². The van der Waals surface area contributed by atoms with Gasteiger partial charge in [0.1, 0.15) is 0 Å². The Balaban J connectivity index is 1.78. The Morgan fingerprint density at radius 1 is 1.35 bits per heavy atom. The van der Waals surface area contributed by atoms with Crippen molar-refractivity contribution in [3.05, 3.63) is 29.3 Å². The van der Waals surface area contributed by atoms with Crippen LogP contribution in [0.15, 0.2) is 24.3 Å². The minimum Gasteiger partial charge on any atom is -0.325 e. The minimum absolute atomic E-state index is 0.0157. The van der Waals surface area contributed by atoms with Gasteiger partial charge in [-0.15, -0.1) is 0 Å². The van der Waals surface area contributed by atoms with Gasteiger partial charge in [0.05, 0.1) is 6.54 Å². The van der Waals surface area contributed by atoms with Gasteiger partial charge in [0.25, 0.3) is 0 Å². The van der Waals surface area contributed by atoms with Crippen LogP contribution < -0.4 is 10.6 Å². The van der Waals surface area contributed by atoms with Gasteiger partial charge >= 0.3 is 0 Å². The molecule has 1 aromatic carbocycles. The molecular weight excluding hydrogens is 272 g/mol. The zero-order valence-electron chi connectivity index (χ0n) is 12.2. The highest BCUT2D eigenvalue weighted by atomic mass is 35.5. The third-order valence-electron chi connectivity index (χ3n) is 4.06. The largest absolute Gasteiger partial charge is 0.325 e. The molecule has 3 unspecified atom stereocenters. The van der Waals surface area contributed by atoms with Crippen LogP contribution in [0.4, 0.5) is 5.69 Å². The molecule has 0 aromatic heterocycles. The third kappa shape index (κ3) is 4.50. The van der Waals surface area contributed by atoms with Crippen molar-refractivity contribution in [2.24, 2.45) is 11.8 Å². The molecule has 0 spiro atoms. The second kappa shape index (κ2) is 7.09. The van der Waals surface area contributed by atoms with Crippen LogP contribution in [0.3, 0.4) is 0 Å². The van der Waals surface area contributed by atoms with E-state index in [9.17, 15) is 4.79 Å². The molecule has 0 saturated heterocycles. The highest BCUT2D eigenvalue weighted by molar-refractivity contribution is 6.30. The molecule has 1 aliphatic rings. The Bertz CT molecular complexity index is 464. The predicted octanol–water partition coefficient (Wildman–Crippen LogP) is 3.69. The SMILES string of the molecule is CC1CCC(NCC(=O)Nc2cccc(Cl)c2)C(C)C1. The van der Waals surface area contributed by atoms with E-state index in [2.05, 4.69) is 24.5 Å². The fraction of sp³-hybridized carbons (Fsp3) is 0.562. The van der Waals surface area contributed by atoms with Crippen molar-refractivity contribution in [1.82, 2.24) is 5.32 Å². The lowest BCUT2D eigenvalue weighted by Gasteiger charge is -2.33. The summed E-state index contributed by atoms with van der Waals surface area (Å²) in [5, 5.41) is 6.87. The Morgan fingerprint density at radius 3 is 2.85 bits per heavy atom. The maximum atomic E-state index is 11.9. The fourth-order valence-corrected chi connectivity index (χ4v) is 3.15. The first-order valence-electron chi connectivity index (χ1n) is 7.33. The van der Waals surface area contributed by atoms with Crippen LogP contribution in [-0.4, -0.2) is 18.5 Å². The maximum absolute atomic E-state index is 11.9. The van der Waals surface area contributed by atoms with Crippen LogP contribution in [0.1, 0.15) is 33.1 Å². The van der Waals surface area contributed by atoms with Crippen molar-refractivity contribution in [3.8, 4) is 0 Å². The van der Waals surface area contributed by atoms with Gasteiger partial charge in [-0.25, -0.2) is 0 Å². The van der Waals surface area contributed by atoms with Gasteiger partial charge in [0.2, 0.25) is 5.91 Å². The summed E-state index contributed by atoms with van der Waals surface area (Å²) in [6.07, 6.45) is 3.65. The van der Waals surface area contributed by atoms with Crippen LogP contribution in [-0.2, 0) is 4.79 Å². The van der Waals surface area contributed by atoms with Gasteiger partial charge in [-0.3, -0.25) is 4.79 Å². The molecule has 1 saturated carbocycles. The first-order chi connectivity index (χ1) is 9.54. The molecule has 3 atom stereocenters. The quantitative estimate of drug-likeness (QED) is 0.889. The summed E-state index contributed by atoms with van der Waals surface area (Å²) in [5.74, 6) is 1.43. The number of nitrogens with one attached hydrogen (secondary N) is 2. The summed E-state index contributed by atoms with van der Waals surface area (Å²) < 4.78 is 0.